The van der Waals surface area contributed by atoms with Crippen molar-refractivity contribution in [3.63, 3.8) is 0 Å². The fourth-order valence-corrected chi connectivity index (χ4v) is 4.05. The van der Waals surface area contributed by atoms with Crippen LogP contribution in [0.3, 0.4) is 0 Å². The number of nitrogens with one attached hydrogen (secondary N) is 1. The molecule has 2 fully saturated rings. The molecule has 7 heteroatoms. The van der Waals surface area contributed by atoms with Crippen molar-refractivity contribution in [2.24, 2.45) is 0 Å². The lowest BCUT2D eigenvalue weighted by Gasteiger charge is -2.29. The highest BCUT2D eigenvalue weighted by atomic mass is 16.4. The highest BCUT2D eigenvalue weighted by Crippen LogP contribution is 2.33. The van der Waals surface area contributed by atoms with Crippen LogP contribution in [0.4, 0.5) is 5.82 Å². The smallest absolute Gasteiger partial charge is 0.191 e. The first-order valence-electron chi connectivity index (χ1n) is 10.3. The second-order valence-electron chi connectivity index (χ2n) is 7.98. The van der Waals surface area contributed by atoms with Gasteiger partial charge in [0.1, 0.15) is 5.75 Å². The summed E-state index contributed by atoms with van der Waals surface area (Å²) in [5.41, 5.74) is 2.07. The molecule has 0 radical (unpaired) electrons. The van der Waals surface area contributed by atoms with E-state index in [1.54, 1.807) is 19.2 Å². The van der Waals surface area contributed by atoms with Gasteiger partial charge in [0.05, 0.1) is 11.9 Å². The Kier molecular flexibility index (Phi) is 4.67. The second kappa shape index (κ2) is 7.48. The van der Waals surface area contributed by atoms with E-state index in [4.69, 9.17) is 4.42 Å². The van der Waals surface area contributed by atoms with E-state index in [-0.39, 0.29) is 5.75 Å². The topological polar surface area (TPSA) is 87.3 Å². The molecule has 29 heavy (non-hydrogen) atoms. The molecule has 150 valence electrons. The molecular weight excluding hydrogens is 366 g/mol. The van der Waals surface area contributed by atoms with Gasteiger partial charge in [-0.1, -0.05) is 12.5 Å². The van der Waals surface area contributed by atoms with Crippen LogP contribution in [0.15, 0.2) is 40.9 Å². The van der Waals surface area contributed by atoms with Crippen LogP contribution in [0.5, 0.6) is 5.75 Å². The van der Waals surface area contributed by atoms with E-state index in [9.17, 15) is 5.11 Å². The molecule has 5 rings (SSSR count). The van der Waals surface area contributed by atoms with Crippen LogP contribution in [0.25, 0.3) is 22.6 Å². The van der Waals surface area contributed by atoms with Gasteiger partial charge in [0.25, 0.3) is 0 Å². The van der Waals surface area contributed by atoms with Crippen LogP contribution in [-0.4, -0.2) is 45.5 Å². The Morgan fingerprint density at radius 2 is 2.00 bits per heavy atom. The highest BCUT2D eigenvalue weighted by Gasteiger charge is 2.27. The Hall–Kier alpha value is -2.93. The van der Waals surface area contributed by atoms with Crippen molar-refractivity contribution < 1.29 is 9.52 Å². The second-order valence-corrected chi connectivity index (χ2v) is 7.98. The molecule has 0 spiro atoms. The lowest BCUT2D eigenvalue weighted by atomic mass is 9.92. The van der Waals surface area contributed by atoms with Gasteiger partial charge < -0.3 is 19.7 Å². The maximum absolute atomic E-state index is 10.5. The minimum absolute atomic E-state index is 0.143. The largest absolute Gasteiger partial charge is 0.507 e. The van der Waals surface area contributed by atoms with Gasteiger partial charge in [-0.3, -0.25) is 0 Å². The van der Waals surface area contributed by atoms with Crippen LogP contribution in [-0.2, 0) is 0 Å². The Bertz CT molecular complexity index is 997. The molecule has 3 aromatic rings. The maximum atomic E-state index is 10.5. The number of aryl methyl sites for hydroxylation is 1. The van der Waals surface area contributed by atoms with Crippen molar-refractivity contribution in [2.45, 2.75) is 44.7 Å². The molecule has 2 aromatic heterocycles. The van der Waals surface area contributed by atoms with E-state index >= 15 is 0 Å². The number of hydrogen-bond acceptors (Lipinski definition) is 7. The average molecular weight is 391 g/mol. The molecule has 7 nitrogen and oxygen atoms in total. The third-order valence-corrected chi connectivity index (χ3v) is 5.92. The number of aromatic hydroxyl groups is 1. The normalized spacial score (nSPS) is 19.5. The minimum Gasteiger partial charge on any atom is -0.507 e. The molecule has 0 amide bonds. The highest BCUT2D eigenvalue weighted by molar-refractivity contribution is 5.72. The van der Waals surface area contributed by atoms with Crippen LogP contribution in [0.2, 0.25) is 0 Å². The number of hydrogen-bond donors (Lipinski definition) is 2. The summed E-state index contributed by atoms with van der Waals surface area (Å²) in [6, 6.07) is 10.5. The minimum atomic E-state index is 0.143. The first-order chi connectivity index (χ1) is 14.2. The third kappa shape index (κ3) is 3.70. The molecular formula is C22H25N5O2. The van der Waals surface area contributed by atoms with Gasteiger partial charge in [-0.2, -0.15) is 0 Å². The summed E-state index contributed by atoms with van der Waals surface area (Å²) in [5.74, 6) is 2.26. The Balaban J connectivity index is 1.29. The molecule has 1 unspecified atom stereocenters. The number of aromatic nitrogens is 3. The summed E-state index contributed by atoms with van der Waals surface area (Å²) in [7, 11) is 0. The third-order valence-electron chi connectivity index (χ3n) is 5.92. The molecule has 2 aliphatic rings. The van der Waals surface area contributed by atoms with Gasteiger partial charge in [-0.05, 0) is 43.5 Å². The summed E-state index contributed by atoms with van der Waals surface area (Å²) in [4.78, 5) is 6.38. The van der Waals surface area contributed by atoms with E-state index in [1.807, 2.05) is 24.3 Å². The monoisotopic (exact) mass is 391 g/mol. The number of benzene rings is 1. The Morgan fingerprint density at radius 1 is 1.10 bits per heavy atom. The molecule has 1 aliphatic heterocycles. The van der Waals surface area contributed by atoms with Gasteiger partial charge in [0, 0.05) is 43.2 Å². The van der Waals surface area contributed by atoms with E-state index in [2.05, 4.69) is 25.4 Å². The van der Waals surface area contributed by atoms with Crippen LogP contribution in [0.1, 0.15) is 31.6 Å². The average Bonchev–Trinajstić information content (AvgIpc) is 3.34. The quantitative estimate of drug-likeness (QED) is 0.688. The number of phenols is 1. The maximum Gasteiger partial charge on any atom is 0.191 e. The Morgan fingerprint density at radius 3 is 2.66 bits per heavy atom. The van der Waals surface area contributed by atoms with Crippen molar-refractivity contribution in [2.75, 3.05) is 18.0 Å². The fraction of sp³-hybridized carbons (Fsp3) is 0.409. The molecule has 1 saturated heterocycles. The predicted molar refractivity (Wildman–Crippen MR) is 111 cm³/mol. The zero-order valence-electron chi connectivity index (χ0n) is 16.5. The predicted octanol–water partition coefficient (Wildman–Crippen LogP) is 3.53. The summed E-state index contributed by atoms with van der Waals surface area (Å²) in [5, 5.41) is 23.0. The standard InChI is InChI=1S/C22H25N5O2/c1-14-23-12-21(29-14)15-5-6-18(20(28)11-15)19-7-8-22(26-25-19)27-10-9-17(13-27)24-16-3-2-4-16/h5-8,11-12,16-17,24,28H,2-4,9-10,13H2,1H3. The van der Waals surface area contributed by atoms with Crippen LogP contribution >= 0.6 is 0 Å². The van der Waals surface area contributed by atoms with Crippen molar-refractivity contribution in [3.8, 4) is 28.3 Å². The number of oxazole rings is 1. The van der Waals surface area contributed by atoms with E-state index in [0.29, 0.717) is 35.0 Å². The zero-order chi connectivity index (χ0) is 19.8. The molecule has 3 heterocycles. The summed E-state index contributed by atoms with van der Waals surface area (Å²) < 4.78 is 5.53. The van der Waals surface area contributed by atoms with Gasteiger partial charge in [-0.25, -0.2) is 4.98 Å². The van der Waals surface area contributed by atoms with Crippen molar-refractivity contribution in [1.82, 2.24) is 20.5 Å². The summed E-state index contributed by atoms with van der Waals surface area (Å²) >= 11 is 0. The van der Waals surface area contributed by atoms with Crippen LogP contribution in [0, 0.1) is 6.92 Å². The summed E-state index contributed by atoms with van der Waals surface area (Å²) in [6.45, 7) is 3.76. The van der Waals surface area contributed by atoms with Crippen molar-refractivity contribution in [1.29, 1.82) is 0 Å². The lowest BCUT2D eigenvalue weighted by molar-refractivity contribution is 0.311. The van der Waals surface area contributed by atoms with Crippen molar-refractivity contribution in [3.05, 3.63) is 42.4 Å². The molecule has 1 atom stereocenters. The van der Waals surface area contributed by atoms with Crippen LogP contribution < -0.4 is 10.2 Å². The molecule has 0 bridgehead atoms. The van der Waals surface area contributed by atoms with E-state index < -0.39 is 0 Å². The number of rotatable bonds is 5. The number of phenolic OH excluding ortho intramolecular Hbond substituents is 1. The molecule has 1 aliphatic carbocycles. The number of nitrogens with zero attached hydrogens (tertiary/aromatic N) is 4. The Labute approximate surface area is 169 Å². The first-order valence-corrected chi connectivity index (χ1v) is 10.3. The molecule has 1 aromatic carbocycles. The van der Waals surface area contributed by atoms with E-state index in [0.717, 1.165) is 30.9 Å². The lowest BCUT2D eigenvalue weighted by Crippen LogP contribution is -2.43. The first kappa shape index (κ1) is 18.1. The van der Waals surface area contributed by atoms with Gasteiger partial charge in [0.15, 0.2) is 17.5 Å². The van der Waals surface area contributed by atoms with E-state index in [1.165, 1.54) is 19.3 Å². The fourth-order valence-electron chi connectivity index (χ4n) is 4.05. The molecule has 2 N–H and O–H groups in total. The summed E-state index contributed by atoms with van der Waals surface area (Å²) in [6.07, 6.45) is 6.77. The number of anilines is 1. The van der Waals surface area contributed by atoms with Gasteiger partial charge >= 0.3 is 0 Å². The molecule has 1 saturated carbocycles. The zero-order valence-corrected chi connectivity index (χ0v) is 16.5. The van der Waals surface area contributed by atoms with Gasteiger partial charge in [-0.15, -0.1) is 10.2 Å². The SMILES string of the molecule is Cc1ncc(-c2ccc(-c3ccc(N4CCC(NC5CCC5)C4)nn3)c(O)c2)o1. The van der Waals surface area contributed by atoms with Crippen molar-refractivity contribution >= 4 is 5.82 Å². The van der Waals surface area contributed by atoms with Gasteiger partial charge in [0.2, 0.25) is 0 Å².